The summed E-state index contributed by atoms with van der Waals surface area (Å²) in [5.41, 5.74) is 2.02. The third kappa shape index (κ3) is 3.47. The fourth-order valence-corrected chi connectivity index (χ4v) is 3.23. The van der Waals surface area contributed by atoms with Crippen LogP contribution in [-0.4, -0.2) is 30.1 Å². The largest absolute Gasteiger partial charge is 0.380 e. The molecule has 22 heavy (non-hydrogen) atoms. The van der Waals surface area contributed by atoms with Crippen molar-refractivity contribution in [2.45, 2.75) is 50.7 Å². The number of hydrogen-bond donors (Lipinski definition) is 2. The third-order valence-electron chi connectivity index (χ3n) is 4.31. The van der Waals surface area contributed by atoms with E-state index in [4.69, 9.17) is 4.74 Å². The number of piperidine rings is 1. The van der Waals surface area contributed by atoms with E-state index in [-0.39, 0.29) is 23.3 Å². The van der Waals surface area contributed by atoms with Gasteiger partial charge in [0.2, 0.25) is 11.8 Å². The summed E-state index contributed by atoms with van der Waals surface area (Å²) in [7, 11) is 0. The highest BCUT2D eigenvalue weighted by atomic mass is 16.5. The van der Waals surface area contributed by atoms with Crippen molar-refractivity contribution in [3.63, 3.8) is 0 Å². The molecule has 2 N–H and O–H groups in total. The zero-order valence-electron chi connectivity index (χ0n) is 13.0. The molecule has 2 aliphatic heterocycles. The van der Waals surface area contributed by atoms with Crippen molar-refractivity contribution in [2.75, 3.05) is 11.9 Å². The van der Waals surface area contributed by atoms with Crippen LogP contribution in [0.1, 0.15) is 44.6 Å². The number of ether oxygens (including phenoxy) is 1. The zero-order valence-corrected chi connectivity index (χ0v) is 13.0. The quantitative estimate of drug-likeness (QED) is 0.840. The normalized spacial score (nSPS) is 25.1. The lowest BCUT2D eigenvalue weighted by atomic mass is 9.89. The van der Waals surface area contributed by atoms with Gasteiger partial charge in [-0.05, 0) is 38.0 Å². The summed E-state index contributed by atoms with van der Waals surface area (Å²) in [6, 6.07) is 8.34. The van der Waals surface area contributed by atoms with Crippen LogP contribution in [0.15, 0.2) is 24.3 Å². The van der Waals surface area contributed by atoms with Gasteiger partial charge in [-0.25, -0.2) is 0 Å². The average Bonchev–Trinajstić information content (AvgIpc) is 2.77. The van der Waals surface area contributed by atoms with Crippen LogP contribution in [0.5, 0.6) is 0 Å². The molecule has 5 nitrogen and oxygen atoms in total. The molecule has 0 aromatic heterocycles. The number of anilines is 1. The smallest absolute Gasteiger partial charge is 0.227 e. The molecule has 3 rings (SSSR count). The van der Waals surface area contributed by atoms with Crippen LogP contribution >= 0.6 is 0 Å². The molecule has 0 spiro atoms. The fourth-order valence-electron chi connectivity index (χ4n) is 3.23. The van der Waals surface area contributed by atoms with Crippen LogP contribution in [0, 0.1) is 0 Å². The Bertz CT molecular complexity index is 564. The number of benzene rings is 1. The second-order valence-corrected chi connectivity index (χ2v) is 6.81. The van der Waals surface area contributed by atoms with Crippen LogP contribution in [0.25, 0.3) is 0 Å². The van der Waals surface area contributed by atoms with Crippen LogP contribution in [0.4, 0.5) is 5.69 Å². The van der Waals surface area contributed by atoms with Gasteiger partial charge in [0.15, 0.2) is 0 Å². The monoisotopic (exact) mass is 302 g/mol. The van der Waals surface area contributed by atoms with Gasteiger partial charge in [-0.3, -0.25) is 14.9 Å². The van der Waals surface area contributed by atoms with Crippen molar-refractivity contribution >= 4 is 17.5 Å². The van der Waals surface area contributed by atoms with Crippen LogP contribution in [0.2, 0.25) is 0 Å². The third-order valence-corrected chi connectivity index (χ3v) is 4.31. The Balaban J connectivity index is 1.63. The van der Waals surface area contributed by atoms with Crippen molar-refractivity contribution in [1.82, 2.24) is 5.32 Å². The zero-order chi connectivity index (χ0) is 15.7. The molecule has 118 valence electrons. The van der Waals surface area contributed by atoms with Gasteiger partial charge in [0, 0.05) is 24.4 Å². The second kappa shape index (κ2) is 5.72. The van der Waals surface area contributed by atoms with E-state index in [9.17, 15) is 9.59 Å². The molecule has 2 fully saturated rings. The minimum absolute atomic E-state index is 0.0101. The molecule has 2 heterocycles. The number of amides is 2. The molecule has 0 bridgehead atoms. The molecule has 1 aromatic rings. The summed E-state index contributed by atoms with van der Waals surface area (Å²) in [6.07, 6.45) is 1.73. The minimum atomic E-state index is -0.186. The summed E-state index contributed by atoms with van der Waals surface area (Å²) < 4.78 is 5.72. The molecular formula is C17H22N2O3. The molecule has 0 radical (unpaired) electrons. The molecule has 2 amide bonds. The summed E-state index contributed by atoms with van der Waals surface area (Å²) >= 11 is 0. The van der Waals surface area contributed by atoms with Gasteiger partial charge in [-0.1, -0.05) is 12.1 Å². The molecule has 2 aliphatic rings. The molecule has 1 aromatic carbocycles. The number of carbonyl (C=O) groups is 2. The maximum absolute atomic E-state index is 11.5. The Morgan fingerprint density at radius 2 is 1.77 bits per heavy atom. The topological polar surface area (TPSA) is 67.4 Å². The highest BCUT2D eigenvalue weighted by Gasteiger charge is 2.32. The lowest BCUT2D eigenvalue weighted by Crippen LogP contribution is -2.37. The number of rotatable bonds is 3. The van der Waals surface area contributed by atoms with E-state index in [1.807, 2.05) is 24.3 Å². The first-order chi connectivity index (χ1) is 10.4. The number of hydrogen-bond acceptors (Lipinski definition) is 4. The molecule has 0 aliphatic carbocycles. The van der Waals surface area contributed by atoms with Crippen molar-refractivity contribution in [3.05, 3.63) is 29.8 Å². The lowest BCUT2D eigenvalue weighted by molar-refractivity contribution is -0.133. The Morgan fingerprint density at radius 1 is 1.14 bits per heavy atom. The standard InChI is InChI=1S/C17H22N2O3/c1-17(2)9-14(10-22-17)18-13-5-3-11(4-6-13)12-7-15(20)19-16(21)8-12/h3-6,12,14,18H,7-10H2,1-2H3,(H,19,20,21). The van der Waals surface area contributed by atoms with E-state index in [0.717, 1.165) is 17.7 Å². The molecule has 1 unspecified atom stereocenters. The lowest BCUT2D eigenvalue weighted by Gasteiger charge is -2.21. The summed E-state index contributed by atoms with van der Waals surface area (Å²) in [6.45, 7) is 4.91. The van der Waals surface area contributed by atoms with E-state index >= 15 is 0 Å². The van der Waals surface area contributed by atoms with Gasteiger partial charge in [-0.15, -0.1) is 0 Å². The van der Waals surface area contributed by atoms with Crippen molar-refractivity contribution < 1.29 is 14.3 Å². The van der Waals surface area contributed by atoms with Gasteiger partial charge >= 0.3 is 0 Å². The first-order valence-corrected chi connectivity index (χ1v) is 7.74. The van der Waals surface area contributed by atoms with Gasteiger partial charge in [0.05, 0.1) is 18.2 Å². The Kier molecular flexibility index (Phi) is 3.91. The maximum atomic E-state index is 11.5. The summed E-state index contributed by atoms with van der Waals surface area (Å²) in [5.74, 6) is -0.383. The summed E-state index contributed by atoms with van der Waals surface area (Å²) in [5, 5.41) is 5.82. The van der Waals surface area contributed by atoms with Crippen LogP contribution < -0.4 is 10.6 Å². The second-order valence-electron chi connectivity index (χ2n) is 6.81. The number of nitrogens with one attached hydrogen (secondary N) is 2. The van der Waals surface area contributed by atoms with Gasteiger partial charge in [0.25, 0.3) is 0 Å². The highest BCUT2D eigenvalue weighted by molar-refractivity contribution is 5.98. The van der Waals surface area contributed by atoms with Crippen molar-refractivity contribution in [1.29, 1.82) is 0 Å². The fraction of sp³-hybridized carbons (Fsp3) is 0.529. The molecule has 2 saturated heterocycles. The van der Waals surface area contributed by atoms with E-state index in [1.54, 1.807) is 0 Å². The first kappa shape index (κ1) is 15.0. The van der Waals surface area contributed by atoms with E-state index in [2.05, 4.69) is 24.5 Å². The maximum Gasteiger partial charge on any atom is 0.227 e. The minimum Gasteiger partial charge on any atom is -0.380 e. The van der Waals surface area contributed by atoms with E-state index in [1.165, 1.54) is 0 Å². The summed E-state index contributed by atoms with van der Waals surface area (Å²) in [4.78, 5) is 22.9. The van der Waals surface area contributed by atoms with E-state index < -0.39 is 0 Å². The first-order valence-electron chi connectivity index (χ1n) is 7.74. The van der Waals surface area contributed by atoms with Crippen molar-refractivity contribution in [3.8, 4) is 0 Å². The molecule has 0 saturated carbocycles. The van der Waals surface area contributed by atoms with Crippen LogP contribution in [-0.2, 0) is 14.3 Å². The number of carbonyl (C=O) groups excluding carboxylic acids is 2. The van der Waals surface area contributed by atoms with Crippen LogP contribution in [0.3, 0.4) is 0 Å². The van der Waals surface area contributed by atoms with Gasteiger partial charge in [-0.2, -0.15) is 0 Å². The molecule has 5 heteroatoms. The van der Waals surface area contributed by atoms with E-state index in [0.29, 0.717) is 25.5 Å². The SMILES string of the molecule is CC1(C)CC(Nc2ccc(C3CC(=O)NC(=O)C3)cc2)CO1. The number of imide groups is 1. The Labute approximate surface area is 130 Å². The Morgan fingerprint density at radius 3 is 2.32 bits per heavy atom. The molecule has 1 atom stereocenters. The van der Waals surface area contributed by atoms with Gasteiger partial charge < -0.3 is 10.1 Å². The predicted octanol–water partition coefficient (Wildman–Crippen LogP) is 2.19. The Hall–Kier alpha value is -1.88. The predicted molar refractivity (Wildman–Crippen MR) is 83.6 cm³/mol. The van der Waals surface area contributed by atoms with Gasteiger partial charge in [0.1, 0.15) is 0 Å². The average molecular weight is 302 g/mol. The highest BCUT2D eigenvalue weighted by Crippen LogP contribution is 2.29. The van der Waals surface area contributed by atoms with Crippen molar-refractivity contribution in [2.24, 2.45) is 0 Å². The molecular weight excluding hydrogens is 280 g/mol.